The number of aliphatic hydroxyl groups excluding tert-OH is 1. The maximum Gasteiger partial charge on any atom is 0.234 e. The molecule has 1 rings (SSSR count). The van der Waals surface area contributed by atoms with E-state index >= 15 is 0 Å². The number of amides is 1. The summed E-state index contributed by atoms with van der Waals surface area (Å²) in [6, 6.07) is 0.420. The summed E-state index contributed by atoms with van der Waals surface area (Å²) in [4.78, 5) is 11.5. The molecular formula is C12H24N2O2S. The zero-order valence-electron chi connectivity index (χ0n) is 10.4. The third-order valence-corrected chi connectivity index (χ3v) is 3.95. The molecule has 0 saturated heterocycles. The molecule has 1 fully saturated rings. The van der Waals surface area contributed by atoms with Gasteiger partial charge in [-0.15, -0.1) is 0 Å². The van der Waals surface area contributed by atoms with Gasteiger partial charge < -0.3 is 15.7 Å². The normalized spacial score (nSPS) is 16.3. The molecule has 0 aromatic heterocycles. The Balaban J connectivity index is 1.86. The van der Waals surface area contributed by atoms with Gasteiger partial charge in [0.2, 0.25) is 5.91 Å². The van der Waals surface area contributed by atoms with E-state index in [2.05, 4.69) is 10.6 Å². The van der Waals surface area contributed by atoms with E-state index in [0.717, 1.165) is 37.3 Å². The van der Waals surface area contributed by atoms with E-state index in [1.807, 2.05) is 11.8 Å². The van der Waals surface area contributed by atoms with Gasteiger partial charge in [0.15, 0.2) is 0 Å². The molecule has 0 aromatic rings. The Hall–Kier alpha value is -0.260. The molecule has 1 amide bonds. The molecule has 0 aliphatic heterocycles. The Morgan fingerprint density at radius 3 is 2.76 bits per heavy atom. The fraction of sp³-hybridized carbons (Fsp3) is 0.917. The Bertz CT molecular complexity index is 209. The van der Waals surface area contributed by atoms with Crippen LogP contribution in [0.1, 0.15) is 32.1 Å². The van der Waals surface area contributed by atoms with Gasteiger partial charge in [0.05, 0.1) is 6.54 Å². The molecular weight excluding hydrogens is 236 g/mol. The van der Waals surface area contributed by atoms with Crippen molar-refractivity contribution >= 4 is 17.7 Å². The number of carbonyl (C=O) groups is 1. The predicted octanol–water partition coefficient (Wildman–Crippen LogP) is 0.750. The van der Waals surface area contributed by atoms with Crippen molar-refractivity contribution in [2.24, 2.45) is 0 Å². The van der Waals surface area contributed by atoms with E-state index < -0.39 is 0 Å². The van der Waals surface area contributed by atoms with Crippen LogP contribution < -0.4 is 10.6 Å². The van der Waals surface area contributed by atoms with E-state index in [-0.39, 0.29) is 12.5 Å². The van der Waals surface area contributed by atoms with Crippen LogP contribution in [0.5, 0.6) is 0 Å². The molecule has 1 aliphatic carbocycles. The second kappa shape index (κ2) is 9.74. The van der Waals surface area contributed by atoms with Crippen LogP contribution in [0.3, 0.4) is 0 Å². The van der Waals surface area contributed by atoms with Crippen LogP contribution in [0, 0.1) is 0 Å². The minimum atomic E-state index is 0.122. The van der Waals surface area contributed by atoms with E-state index in [0.29, 0.717) is 12.6 Å². The number of nitrogens with one attached hydrogen (secondary N) is 2. The van der Waals surface area contributed by atoms with E-state index in [1.165, 1.54) is 12.8 Å². The quantitative estimate of drug-likeness (QED) is 0.535. The lowest BCUT2D eigenvalue weighted by atomic mass is 10.2. The van der Waals surface area contributed by atoms with Gasteiger partial charge in [0.25, 0.3) is 0 Å². The first-order valence-electron chi connectivity index (χ1n) is 6.51. The van der Waals surface area contributed by atoms with Gasteiger partial charge in [-0.2, -0.15) is 11.8 Å². The zero-order chi connectivity index (χ0) is 12.3. The van der Waals surface area contributed by atoms with Gasteiger partial charge >= 0.3 is 0 Å². The third-order valence-electron chi connectivity index (χ3n) is 2.88. The van der Waals surface area contributed by atoms with Crippen molar-refractivity contribution < 1.29 is 9.90 Å². The van der Waals surface area contributed by atoms with Gasteiger partial charge in [-0.3, -0.25) is 4.79 Å². The number of thioether (sulfide) groups is 1. The number of hydrogen-bond acceptors (Lipinski definition) is 4. The molecule has 0 radical (unpaired) electrons. The average molecular weight is 260 g/mol. The summed E-state index contributed by atoms with van der Waals surface area (Å²) in [7, 11) is 0. The first kappa shape index (κ1) is 14.8. The summed E-state index contributed by atoms with van der Waals surface area (Å²) in [6.07, 6.45) is 5.64. The van der Waals surface area contributed by atoms with E-state index in [4.69, 9.17) is 5.11 Å². The van der Waals surface area contributed by atoms with Crippen molar-refractivity contribution in [2.75, 3.05) is 31.2 Å². The number of aliphatic hydroxyl groups is 1. The van der Waals surface area contributed by atoms with Crippen LogP contribution in [0.25, 0.3) is 0 Å². The largest absolute Gasteiger partial charge is 0.396 e. The first-order valence-corrected chi connectivity index (χ1v) is 7.67. The van der Waals surface area contributed by atoms with Crippen molar-refractivity contribution in [1.29, 1.82) is 0 Å². The van der Waals surface area contributed by atoms with E-state index in [9.17, 15) is 4.79 Å². The average Bonchev–Trinajstić information content (AvgIpc) is 2.80. The second-order valence-corrected chi connectivity index (χ2v) is 5.64. The summed E-state index contributed by atoms with van der Waals surface area (Å²) in [5.74, 6) is 2.11. The highest BCUT2D eigenvalue weighted by atomic mass is 32.2. The molecule has 4 nitrogen and oxygen atoms in total. The summed E-state index contributed by atoms with van der Waals surface area (Å²) < 4.78 is 0. The lowest BCUT2D eigenvalue weighted by molar-refractivity contribution is -0.120. The van der Waals surface area contributed by atoms with Crippen LogP contribution in [0.15, 0.2) is 0 Å². The summed E-state index contributed by atoms with van der Waals surface area (Å²) in [5, 5.41) is 14.8. The minimum Gasteiger partial charge on any atom is -0.396 e. The highest BCUT2D eigenvalue weighted by molar-refractivity contribution is 7.99. The highest BCUT2D eigenvalue weighted by Crippen LogP contribution is 2.17. The molecule has 1 aliphatic rings. The van der Waals surface area contributed by atoms with Crippen molar-refractivity contribution in [3.05, 3.63) is 0 Å². The molecule has 0 atom stereocenters. The van der Waals surface area contributed by atoms with Crippen molar-refractivity contribution in [3.8, 4) is 0 Å². The molecule has 17 heavy (non-hydrogen) atoms. The molecule has 5 heteroatoms. The molecule has 3 N–H and O–H groups in total. The zero-order valence-corrected chi connectivity index (χ0v) is 11.2. The molecule has 1 saturated carbocycles. The standard InChI is InChI=1S/C12H24N2O2S/c15-7-3-8-17-9-6-13-10-12(16)14-11-4-1-2-5-11/h11,13,15H,1-10H2,(H,14,16). The fourth-order valence-electron chi connectivity index (χ4n) is 1.96. The number of carbonyl (C=O) groups excluding carboxylic acids is 1. The van der Waals surface area contributed by atoms with Crippen LogP contribution in [0.2, 0.25) is 0 Å². The number of hydrogen-bond donors (Lipinski definition) is 3. The predicted molar refractivity (Wildman–Crippen MR) is 72.3 cm³/mol. The first-order chi connectivity index (χ1) is 8.33. The summed E-state index contributed by atoms with van der Waals surface area (Å²) in [6.45, 7) is 1.55. The van der Waals surface area contributed by atoms with Gasteiger partial charge in [-0.1, -0.05) is 12.8 Å². The monoisotopic (exact) mass is 260 g/mol. The molecule has 0 aromatic carbocycles. The highest BCUT2D eigenvalue weighted by Gasteiger charge is 2.16. The Labute approximate surface area is 108 Å². The molecule has 0 heterocycles. The molecule has 0 spiro atoms. The lowest BCUT2D eigenvalue weighted by Crippen LogP contribution is -2.39. The maximum absolute atomic E-state index is 11.5. The second-order valence-electron chi connectivity index (χ2n) is 4.42. The number of rotatable bonds is 9. The summed E-state index contributed by atoms with van der Waals surface area (Å²) in [5.41, 5.74) is 0. The SMILES string of the molecule is O=C(CNCCSCCCO)NC1CCCC1. The minimum absolute atomic E-state index is 0.122. The molecule has 0 unspecified atom stereocenters. The van der Waals surface area contributed by atoms with E-state index in [1.54, 1.807) is 0 Å². The van der Waals surface area contributed by atoms with Gasteiger partial charge in [0, 0.05) is 24.9 Å². The fourth-order valence-corrected chi connectivity index (χ4v) is 2.79. The third kappa shape index (κ3) is 7.63. The molecule has 100 valence electrons. The van der Waals surface area contributed by atoms with Crippen LogP contribution in [-0.2, 0) is 4.79 Å². The van der Waals surface area contributed by atoms with Gasteiger partial charge in [0.1, 0.15) is 0 Å². The van der Waals surface area contributed by atoms with Gasteiger partial charge in [-0.05, 0) is 25.0 Å². The lowest BCUT2D eigenvalue weighted by Gasteiger charge is -2.12. The van der Waals surface area contributed by atoms with Gasteiger partial charge in [-0.25, -0.2) is 0 Å². The summed E-state index contributed by atoms with van der Waals surface area (Å²) >= 11 is 1.81. The topological polar surface area (TPSA) is 61.4 Å². The Kier molecular flexibility index (Phi) is 8.48. The van der Waals surface area contributed by atoms with Crippen LogP contribution in [-0.4, -0.2) is 48.3 Å². The van der Waals surface area contributed by atoms with Crippen molar-refractivity contribution in [2.45, 2.75) is 38.1 Å². The maximum atomic E-state index is 11.5. The van der Waals surface area contributed by atoms with Crippen molar-refractivity contribution in [1.82, 2.24) is 10.6 Å². The van der Waals surface area contributed by atoms with Crippen molar-refractivity contribution in [3.63, 3.8) is 0 Å². The smallest absolute Gasteiger partial charge is 0.234 e. The molecule has 0 bridgehead atoms. The Morgan fingerprint density at radius 1 is 1.29 bits per heavy atom. The van der Waals surface area contributed by atoms with Crippen LogP contribution in [0.4, 0.5) is 0 Å². The van der Waals surface area contributed by atoms with Crippen LogP contribution >= 0.6 is 11.8 Å². The Morgan fingerprint density at radius 2 is 2.06 bits per heavy atom.